The summed E-state index contributed by atoms with van der Waals surface area (Å²) >= 11 is 0. The first-order valence-corrected chi connectivity index (χ1v) is 13.2. The molecule has 10 atom stereocenters. The fraction of sp³-hybridized carbons (Fsp3) is 0.889. The predicted molar refractivity (Wildman–Crippen MR) is 131 cm³/mol. The van der Waals surface area contributed by atoms with Crippen LogP contribution in [0.2, 0.25) is 0 Å². The second-order valence-electron chi connectivity index (χ2n) is 13.3. The zero-order valence-corrected chi connectivity index (χ0v) is 21.8. The van der Waals surface area contributed by atoms with Crippen LogP contribution in [-0.4, -0.2) is 76.7 Å². The van der Waals surface area contributed by atoms with Crippen molar-refractivity contribution in [3.63, 3.8) is 0 Å². The van der Waals surface area contributed by atoms with Crippen molar-refractivity contribution in [3.05, 3.63) is 11.6 Å². The van der Waals surface area contributed by atoms with E-state index in [-0.39, 0.29) is 24.2 Å². The van der Waals surface area contributed by atoms with E-state index in [0.29, 0.717) is 44.2 Å². The second kappa shape index (κ2) is 8.50. The lowest BCUT2D eigenvalue weighted by atomic mass is 9.45. The predicted octanol–water partition coefficient (Wildman–Crippen LogP) is 2.12. The van der Waals surface area contributed by atoms with Crippen LogP contribution in [0, 0.1) is 28.6 Å². The van der Waals surface area contributed by atoms with Crippen LogP contribution in [0.5, 0.6) is 0 Å². The van der Waals surface area contributed by atoms with Gasteiger partial charge in [-0.3, -0.25) is 0 Å². The van der Waals surface area contributed by atoms with Crippen LogP contribution in [0.3, 0.4) is 0 Å². The molecule has 4 aliphatic carbocycles. The third kappa shape index (κ3) is 3.99. The van der Waals surface area contributed by atoms with E-state index in [0.717, 1.165) is 12.0 Å². The molecule has 0 aromatic heterocycles. The smallest absolute Gasteiger partial charge is 0.0920 e. The van der Waals surface area contributed by atoms with E-state index in [1.54, 1.807) is 26.8 Å². The molecule has 200 valence electrons. The highest BCUT2D eigenvalue weighted by molar-refractivity contribution is 5.99. The Bertz CT molecular complexity index is 894. The molecule has 0 bridgehead atoms. The summed E-state index contributed by atoms with van der Waals surface area (Å²) in [7, 11) is 0. The summed E-state index contributed by atoms with van der Waals surface area (Å²) < 4.78 is 0. The Hall–Kier alpha value is -1.03. The first-order valence-electron chi connectivity index (χ1n) is 13.2. The molecule has 0 aliphatic heterocycles. The molecule has 0 aromatic rings. The average molecular weight is 496 g/mol. The van der Waals surface area contributed by atoms with Gasteiger partial charge in [0.2, 0.25) is 0 Å². The number of rotatable bonds is 5. The Morgan fingerprint density at radius 1 is 1.06 bits per heavy atom. The van der Waals surface area contributed by atoms with E-state index < -0.39 is 45.9 Å². The maximum Gasteiger partial charge on any atom is 0.0920 e. The van der Waals surface area contributed by atoms with E-state index in [4.69, 9.17) is 0 Å². The van der Waals surface area contributed by atoms with Gasteiger partial charge in [0.25, 0.3) is 0 Å². The molecule has 4 aliphatic rings. The molecule has 8 heteroatoms. The largest absolute Gasteiger partial charge is 0.411 e. The third-order valence-electron chi connectivity index (χ3n) is 10.7. The Morgan fingerprint density at radius 2 is 1.71 bits per heavy atom. The molecular formula is C27H45NO7. The highest BCUT2D eigenvalue weighted by Gasteiger charge is 2.68. The Labute approximate surface area is 208 Å². The minimum absolute atomic E-state index is 0.0537. The minimum Gasteiger partial charge on any atom is -0.411 e. The molecule has 3 saturated carbocycles. The SMILES string of the molecule is CC(C)(O)CC[C@H](O)[C@](C)(O)[C@H]1CC[C@@]2(O)C3=CC(=NO)[C@@H]4C[C@@H](O)[C@@H](O)C[C@]4(C)[C@H]3CC[C@]12C. The van der Waals surface area contributed by atoms with Gasteiger partial charge in [-0.25, -0.2) is 0 Å². The summed E-state index contributed by atoms with van der Waals surface area (Å²) in [5.74, 6) is -0.656. The molecule has 7 N–H and O–H groups in total. The molecule has 35 heavy (non-hydrogen) atoms. The molecule has 8 nitrogen and oxygen atoms in total. The van der Waals surface area contributed by atoms with Gasteiger partial charge < -0.3 is 35.8 Å². The Kier molecular flexibility index (Phi) is 6.56. The number of fused-ring (bicyclic) bond motifs is 5. The van der Waals surface area contributed by atoms with Crippen molar-refractivity contribution in [3.8, 4) is 0 Å². The van der Waals surface area contributed by atoms with Gasteiger partial charge in [-0.2, -0.15) is 0 Å². The quantitative estimate of drug-likeness (QED) is 0.228. The van der Waals surface area contributed by atoms with Crippen molar-refractivity contribution in [2.24, 2.45) is 33.7 Å². The normalized spacial score (nSPS) is 47.3. The molecule has 3 fully saturated rings. The van der Waals surface area contributed by atoms with Crippen LogP contribution in [0.15, 0.2) is 16.8 Å². The lowest BCUT2D eigenvalue weighted by Gasteiger charge is -2.61. The van der Waals surface area contributed by atoms with Crippen molar-refractivity contribution in [1.82, 2.24) is 0 Å². The van der Waals surface area contributed by atoms with Crippen molar-refractivity contribution in [1.29, 1.82) is 0 Å². The van der Waals surface area contributed by atoms with E-state index in [2.05, 4.69) is 12.1 Å². The van der Waals surface area contributed by atoms with Crippen molar-refractivity contribution in [2.75, 3.05) is 0 Å². The molecular weight excluding hydrogens is 450 g/mol. The highest BCUT2D eigenvalue weighted by atomic mass is 16.4. The number of hydrogen-bond acceptors (Lipinski definition) is 8. The molecule has 4 rings (SSSR count). The van der Waals surface area contributed by atoms with Crippen molar-refractivity contribution in [2.45, 2.75) is 121 Å². The molecule has 0 heterocycles. The van der Waals surface area contributed by atoms with Gasteiger partial charge >= 0.3 is 0 Å². The number of hydrogen-bond donors (Lipinski definition) is 7. The van der Waals surface area contributed by atoms with Crippen LogP contribution < -0.4 is 0 Å². The Morgan fingerprint density at radius 3 is 2.31 bits per heavy atom. The van der Waals surface area contributed by atoms with Gasteiger partial charge in [0.15, 0.2) is 0 Å². The zero-order valence-electron chi connectivity index (χ0n) is 21.8. The van der Waals surface area contributed by atoms with Crippen LogP contribution in [-0.2, 0) is 0 Å². The number of aliphatic hydroxyl groups excluding tert-OH is 3. The first kappa shape index (κ1) is 27.0. The molecule has 0 radical (unpaired) electrons. The van der Waals surface area contributed by atoms with E-state index in [1.807, 2.05) is 6.92 Å². The molecule has 0 spiro atoms. The molecule has 0 unspecified atom stereocenters. The Balaban J connectivity index is 1.70. The summed E-state index contributed by atoms with van der Waals surface area (Å²) in [6.07, 6.45) is 2.53. The topological polar surface area (TPSA) is 154 Å². The number of allylic oxidation sites excluding steroid dienone is 1. The lowest BCUT2D eigenvalue weighted by Crippen LogP contribution is -2.62. The third-order valence-corrected chi connectivity index (χ3v) is 10.7. The zero-order chi connectivity index (χ0) is 26.2. The summed E-state index contributed by atoms with van der Waals surface area (Å²) in [6, 6.07) is 0. The van der Waals surface area contributed by atoms with Crippen molar-refractivity contribution < 1.29 is 35.8 Å². The monoisotopic (exact) mass is 495 g/mol. The summed E-state index contributed by atoms with van der Waals surface area (Å²) in [4.78, 5) is 0. The summed E-state index contributed by atoms with van der Waals surface area (Å²) in [5.41, 5.74) is -3.66. The molecule has 0 saturated heterocycles. The van der Waals surface area contributed by atoms with Gasteiger partial charge in [0, 0.05) is 11.3 Å². The van der Waals surface area contributed by atoms with Crippen LogP contribution in [0.25, 0.3) is 0 Å². The molecule has 0 aromatic carbocycles. The maximum absolute atomic E-state index is 12.3. The second-order valence-corrected chi connectivity index (χ2v) is 13.3. The fourth-order valence-electron chi connectivity index (χ4n) is 8.44. The molecule has 0 amide bonds. The summed E-state index contributed by atoms with van der Waals surface area (Å²) in [6.45, 7) is 9.04. The van der Waals surface area contributed by atoms with Gasteiger partial charge in [0.1, 0.15) is 0 Å². The van der Waals surface area contributed by atoms with Crippen LogP contribution in [0.1, 0.15) is 86.0 Å². The minimum atomic E-state index is -1.46. The van der Waals surface area contributed by atoms with E-state index in [9.17, 15) is 35.8 Å². The first-order chi connectivity index (χ1) is 16.0. The number of nitrogens with zero attached hydrogens (tertiary/aromatic N) is 1. The van der Waals surface area contributed by atoms with Crippen molar-refractivity contribution >= 4 is 5.71 Å². The fourth-order valence-corrected chi connectivity index (χ4v) is 8.44. The summed E-state index contributed by atoms with van der Waals surface area (Å²) in [5, 5.41) is 79.3. The van der Waals surface area contributed by atoms with E-state index in [1.165, 1.54) is 0 Å². The van der Waals surface area contributed by atoms with Crippen LogP contribution in [0.4, 0.5) is 0 Å². The standard InChI is InChI=1S/C27H45NO7/c1-23(2,32)9-8-22(31)26(5,33)21-7-11-27(34)16-12-18(28-35)17-13-19(29)20(30)14-24(17,3)15(16)6-10-25(21,27)4/h12,15,17,19-22,29-35H,6-11,13-14H2,1-5H3/t15-,17-,19+,20-,21-,22-,24+,25+,26+,27+/m0/s1. The number of aliphatic hydroxyl groups is 6. The maximum atomic E-state index is 12.3. The number of oxime groups is 1. The van der Waals surface area contributed by atoms with E-state index >= 15 is 0 Å². The van der Waals surface area contributed by atoms with Gasteiger partial charge in [-0.05, 0) is 101 Å². The lowest BCUT2D eigenvalue weighted by molar-refractivity contribution is -0.172. The van der Waals surface area contributed by atoms with Gasteiger partial charge in [0.05, 0.1) is 40.8 Å². The average Bonchev–Trinajstić information content (AvgIpc) is 3.04. The van der Waals surface area contributed by atoms with Crippen LogP contribution >= 0.6 is 0 Å². The highest BCUT2D eigenvalue weighted by Crippen LogP contribution is 2.68. The van der Waals surface area contributed by atoms with Gasteiger partial charge in [-0.15, -0.1) is 0 Å². The van der Waals surface area contributed by atoms with Gasteiger partial charge in [-0.1, -0.05) is 19.0 Å².